The van der Waals surface area contributed by atoms with Crippen LogP contribution in [-0.2, 0) is 21.9 Å². The van der Waals surface area contributed by atoms with Gasteiger partial charge in [-0.2, -0.15) is 0 Å². The highest BCUT2D eigenvalue weighted by Gasteiger charge is 2.28. The van der Waals surface area contributed by atoms with Crippen LogP contribution in [0.3, 0.4) is 0 Å². The van der Waals surface area contributed by atoms with Crippen LogP contribution < -0.4 is 5.32 Å². The summed E-state index contributed by atoms with van der Waals surface area (Å²) in [6.45, 7) is 7.38. The quantitative estimate of drug-likeness (QED) is 0.580. The maximum Gasteiger partial charge on any atom is 0.242 e. The lowest BCUT2D eigenvalue weighted by atomic mass is 10.1. The molecule has 2 rings (SSSR count). The number of hydrogen-bond donors (Lipinski definition) is 1. The lowest BCUT2D eigenvalue weighted by Crippen LogP contribution is -2.52. The Labute approximate surface area is 191 Å². The molecule has 0 aliphatic heterocycles. The molecule has 31 heavy (non-hydrogen) atoms. The normalized spacial score (nSPS) is 12.4. The molecule has 168 valence electrons. The van der Waals surface area contributed by atoms with Crippen molar-refractivity contribution in [1.82, 2.24) is 10.2 Å². The highest BCUT2D eigenvalue weighted by atomic mass is 35.5. The fourth-order valence-corrected chi connectivity index (χ4v) is 4.09. The molecule has 1 atom stereocenters. The molecule has 0 saturated carbocycles. The Morgan fingerprint density at radius 1 is 1.13 bits per heavy atom. The predicted octanol–water partition coefficient (Wildman–Crippen LogP) is 5.18. The van der Waals surface area contributed by atoms with Gasteiger partial charge in [-0.05, 0) is 57.5 Å². The Hall–Kier alpha value is -2.12. The number of hydrogen-bond acceptors (Lipinski definition) is 3. The SMILES string of the molecule is CC(C(=O)NC(C)(C)C)N(Cc1ccc(F)cc1)C(=O)CSCc1c(F)cccc1Cl. The summed E-state index contributed by atoms with van der Waals surface area (Å²) in [5, 5.41) is 3.19. The molecular weight excluding hydrogens is 442 g/mol. The minimum atomic E-state index is -0.741. The second-order valence-corrected chi connectivity index (χ2v) is 9.65. The second-order valence-electron chi connectivity index (χ2n) is 8.26. The van der Waals surface area contributed by atoms with Gasteiger partial charge in [-0.25, -0.2) is 8.78 Å². The van der Waals surface area contributed by atoms with Crippen molar-refractivity contribution in [3.8, 4) is 0 Å². The number of halogens is 3. The van der Waals surface area contributed by atoms with Crippen molar-refractivity contribution in [2.45, 2.75) is 51.6 Å². The predicted molar refractivity (Wildman–Crippen MR) is 122 cm³/mol. The lowest BCUT2D eigenvalue weighted by Gasteiger charge is -2.31. The lowest BCUT2D eigenvalue weighted by molar-refractivity contribution is -0.139. The molecule has 2 amide bonds. The Bertz CT molecular complexity index is 897. The largest absolute Gasteiger partial charge is 0.350 e. The van der Waals surface area contributed by atoms with E-state index in [0.29, 0.717) is 16.1 Å². The van der Waals surface area contributed by atoms with Gasteiger partial charge in [0.2, 0.25) is 11.8 Å². The van der Waals surface area contributed by atoms with Gasteiger partial charge in [0, 0.05) is 28.4 Å². The Kier molecular flexibility index (Phi) is 8.89. The summed E-state index contributed by atoms with van der Waals surface area (Å²) in [6, 6.07) is 9.49. The van der Waals surface area contributed by atoms with Crippen molar-refractivity contribution < 1.29 is 18.4 Å². The number of benzene rings is 2. The summed E-state index contributed by atoms with van der Waals surface area (Å²) in [7, 11) is 0. The zero-order valence-corrected chi connectivity index (χ0v) is 19.6. The standard InChI is InChI=1S/C23H27ClF2N2O2S/c1-15(22(30)27-23(2,3)4)28(12-16-8-10-17(25)11-9-16)21(29)14-31-13-18-19(24)6-5-7-20(18)26/h5-11,15H,12-14H2,1-4H3,(H,27,30). The minimum Gasteiger partial charge on any atom is -0.350 e. The van der Waals surface area contributed by atoms with Gasteiger partial charge in [0.05, 0.1) is 5.75 Å². The summed E-state index contributed by atoms with van der Waals surface area (Å²) in [6.07, 6.45) is 0. The van der Waals surface area contributed by atoms with Crippen LogP contribution in [0.2, 0.25) is 5.02 Å². The topological polar surface area (TPSA) is 49.4 Å². The monoisotopic (exact) mass is 468 g/mol. The van der Waals surface area contributed by atoms with Crippen molar-refractivity contribution in [3.63, 3.8) is 0 Å². The zero-order valence-electron chi connectivity index (χ0n) is 18.0. The van der Waals surface area contributed by atoms with Crippen LogP contribution in [0.5, 0.6) is 0 Å². The number of nitrogens with one attached hydrogen (secondary N) is 1. The van der Waals surface area contributed by atoms with Crippen LogP contribution in [0.4, 0.5) is 8.78 Å². The van der Waals surface area contributed by atoms with Crippen LogP contribution in [0.1, 0.15) is 38.8 Å². The molecule has 8 heteroatoms. The molecule has 0 aromatic heterocycles. The summed E-state index contributed by atoms with van der Waals surface area (Å²) in [5.41, 5.74) is 0.588. The molecule has 2 aromatic carbocycles. The smallest absolute Gasteiger partial charge is 0.242 e. The van der Waals surface area contributed by atoms with Crippen molar-refractivity contribution in [1.29, 1.82) is 0 Å². The summed E-state index contributed by atoms with van der Waals surface area (Å²) >= 11 is 7.27. The molecule has 1 unspecified atom stereocenters. The van der Waals surface area contributed by atoms with Gasteiger partial charge in [-0.15, -0.1) is 11.8 Å². The average Bonchev–Trinajstić information content (AvgIpc) is 2.67. The van der Waals surface area contributed by atoms with Crippen molar-refractivity contribution in [3.05, 3.63) is 70.2 Å². The van der Waals surface area contributed by atoms with Gasteiger partial charge in [-0.1, -0.05) is 29.8 Å². The van der Waals surface area contributed by atoms with Crippen LogP contribution in [0.15, 0.2) is 42.5 Å². The van der Waals surface area contributed by atoms with Crippen LogP contribution in [-0.4, -0.2) is 34.0 Å². The number of rotatable bonds is 8. The van der Waals surface area contributed by atoms with Gasteiger partial charge in [-0.3, -0.25) is 9.59 Å². The molecule has 1 N–H and O–H groups in total. The molecule has 0 spiro atoms. The first kappa shape index (κ1) is 25.1. The van der Waals surface area contributed by atoms with E-state index in [-0.39, 0.29) is 35.7 Å². The second kappa shape index (κ2) is 11.0. The molecule has 0 radical (unpaired) electrons. The average molecular weight is 469 g/mol. The third-order valence-corrected chi connectivity index (χ3v) is 5.76. The van der Waals surface area contributed by atoms with Crippen LogP contribution in [0.25, 0.3) is 0 Å². The van der Waals surface area contributed by atoms with Crippen LogP contribution >= 0.6 is 23.4 Å². The number of carbonyl (C=O) groups is 2. The zero-order chi connectivity index (χ0) is 23.2. The van der Waals surface area contributed by atoms with Gasteiger partial charge < -0.3 is 10.2 Å². The maximum atomic E-state index is 14.0. The molecule has 0 saturated heterocycles. The van der Waals surface area contributed by atoms with Gasteiger partial charge >= 0.3 is 0 Å². The molecule has 0 aliphatic carbocycles. The molecule has 0 fully saturated rings. The van der Waals surface area contributed by atoms with Gasteiger partial charge in [0.25, 0.3) is 0 Å². The Morgan fingerprint density at radius 2 is 1.77 bits per heavy atom. The highest BCUT2D eigenvalue weighted by Crippen LogP contribution is 2.24. The minimum absolute atomic E-state index is 0.0407. The van der Waals surface area contributed by atoms with E-state index in [1.807, 2.05) is 20.8 Å². The summed E-state index contributed by atoms with van der Waals surface area (Å²) < 4.78 is 27.2. The molecule has 4 nitrogen and oxygen atoms in total. The number of carbonyl (C=O) groups excluding carboxylic acids is 2. The number of nitrogens with zero attached hydrogens (tertiary/aromatic N) is 1. The van der Waals surface area contributed by atoms with Crippen molar-refractivity contribution in [2.24, 2.45) is 0 Å². The van der Waals surface area contributed by atoms with E-state index >= 15 is 0 Å². The molecule has 0 aliphatic rings. The van der Waals surface area contributed by atoms with E-state index in [1.54, 1.807) is 25.1 Å². The number of amides is 2. The van der Waals surface area contributed by atoms with Gasteiger partial charge in [0.1, 0.15) is 17.7 Å². The first-order chi connectivity index (χ1) is 14.5. The summed E-state index contributed by atoms with van der Waals surface area (Å²) in [5.74, 6) is -1.10. The van der Waals surface area contributed by atoms with E-state index in [1.165, 1.54) is 40.9 Å². The van der Waals surface area contributed by atoms with E-state index in [2.05, 4.69) is 5.32 Å². The van der Waals surface area contributed by atoms with Crippen molar-refractivity contribution in [2.75, 3.05) is 5.75 Å². The fraction of sp³-hybridized carbons (Fsp3) is 0.391. The maximum absolute atomic E-state index is 14.0. The first-order valence-electron chi connectivity index (χ1n) is 9.84. The highest BCUT2D eigenvalue weighted by molar-refractivity contribution is 7.99. The fourth-order valence-electron chi connectivity index (χ4n) is 2.84. The van der Waals surface area contributed by atoms with Crippen LogP contribution in [0, 0.1) is 11.6 Å². The van der Waals surface area contributed by atoms with E-state index in [0.717, 1.165) is 0 Å². The molecule has 2 aromatic rings. The van der Waals surface area contributed by atoms with Crippen molar-refractivity contribution >= 4 is 35.2 Å². The third kappa shape index (κ3) is 7.82. The third-order valence-electron chi connectivity index (χ3n) is 4.47. The molecule has 0 heterocycles. The molecule has 0 bridgehead atoms. The molecular formula is C23H27ClF2N2O2S. The van der Waals surface area contributed by atoms with E-state index in [9.17, 15) is 18.4 Å². The van der Waals surface area contributed by atoms with E-state index < -0.39 is 17.4 Å². The van der Waals surface area contributed by atoms with Gasteiger partial charge in [0.15, 0.2) is 0 Å². The van der Waals surface area contributed by atoms with E-state index in [4.69, 9.17) is 11.6 Å². The summed E-state index contributed by atoms with van der Waals surface area (Å²) in [4.78, 5) is 27.2. The Morgan fingerprint density at radius 3 is 2.35 bits per heavy atom. The Balaban J connectivity index is 2.13. The first-order valence-corrected chi connectivity index (χ1v) is 11.4. The number of thioether (sulfide) groups is 1.